The molecule has 1 aromatic carbocycles. The SMILES string of the molecule is O=C(Nc1ccc(C2CC2)c(F)c1)N1CCCN(C(=O)c2ccsc2)CC1. The number of urea groups is 1. The molecule has 2 heterocycles. The van der Waals surface area contributed by atoms with Crippen LogP contribution in [0.3, 0.4) is 0 Å². The fourth-order valence-corrected chi connectivity index (χ4v) is 4.05. The van der Waals surface area contributed by atoms with Gasteiger partial charge in [-0.1, -0.05) is 6.07 Å². The van der Waals surface area contributed by atoms with Crippen LogP contribution in [0.1, 0.15) is 41.1 Å². The standard InChI is InChI=1S/C20H22FN3O2S/c21-18-12-16(4-5-17(18)14-2-3-14)22-20(26)24-8-1-7-23(9-10-24)19(25)15-6-11-27-13-15/h4-6,11-14H,1-3,7-10H2,(H,22,26). The average molecular weight is 387 g/mol. The van der Waals surface area contributed by atoms with E-state index in [1.54, 1.807) is 21.9 Å². The zero-order chi connectivity index (χ0) is 18.8. The van der Waals surface area contributed by atoms with Crippen molar-refractivity contribution in [3.05, 3.63) is 52.0 Å². The van der Waals surface area contributed by atoms with Gasteiger partial charge in [-0.15, -0.1) is 0 Å². The number of halogens is 1. The zero-order valence-electron chi connectivity index (χ0n) is 15.0. The molecule has 142 valence electrons. The number of benzene rings is 1. The topological polar surface area (TPSA) is 52.7 Å². The molecule has 5 nitrogen and oxygen atoms in total. The van der Waals surface area contributed by atoms with Crippen LogP contribution in [0.5, 0.6) is 0 Å². The number of carbonyl (C=O) groups is 2. The number of carbonyl (C=O) groups excluding carboxylic acids is 2. The number of hydrogen-bond donors (Lipinski definition) is 1. The van der Waals surface area contributed by atoms with Crippen LogP contribution in [-0.2, 0) is 0 Å². The van der Waals surface area contributed by atoms with E-state index < -0.39 is 0 Å². The molecule has 7 heteroatoms. The molecular weight excluding hydrogens is 365 g/mol. The van der Waals surface area contributed by atoms with Crippen LogP contribution in [0.4, 0.5) is 14.9 Å². The summed E-state index contributed by atoms with van der Waals surface area (Å²) in [6.45, 7) is 2.16. The Labute approximate surface area is 161 Å². The molecule has 0 radical (unpaired) electrons. The van der Waals surface area contributed by atoms with Crippen molar-refractivity contribution < 1.29 is 14.0 Å². The summed E-state index contributed by atoms with van der Waals surface area (Å²) in [6.07, 6.45) is 2.80. The third-order valence-electron chi connectivity index (χ3n) is 5.11. The summed E-state index contributed by atoms with van der Waals surface area (Å²) in [4.78, 5) is 28.5. The second-order valence-electron chi connectivity index (χ2n) is 7.09. The lowest BCUT2D eigenvalue weighted by atomic mass is 10.1. The summed E-state index contributed by atoms with van der Waals surface area (Å²) in [5.41, 5.74) is 1.91. The number of anilines is 1. The smallest absolute Gasteiger partial charge is 0.321 e. The van der Waals surface area contributed by atoms with Crippen LogP contribution in [0, 0.1) is 5.82 Å². The number of rotatable bonds is 3. The summed E-state index contributed by atoms with van der Waals surface area (Å²) in [5.74, 6) is 0.0991. The fraction of sp³-hybridized carbons (Fsp3) is 0.400. The Morgan fingerprint density at radius 2 is 1.85 bits per heavy atom. The Hall–Kier alpha value is -2.41. The van der Waals surface area contributed by atoms with Gasteiger partial charge in [0.05, 0.1) is 5.56 Å². The molecule has 1 saturated heterocycles. The first-order valence-electron chi connectivity index (χ1n) is 9.28. The molecule has 1 aromatic heterocycles. The normalized spacial score (nSPS) is 17.5. The van der Waals surface area contributed by atoms with Gasteiger partial charge in [0.25, 0.3) is 5.91 Å². The quantitative estimate of drug-likeness (QED) is 0.860. The van der Waals surface area contributed by atoms with Gasteiger partial charge in [-0.3, -0.25) is 4.79 Å². The van der Waals surface area contributed by atoms with Crippen LogP contribution in [0.25, 0.3) is 0 Å². The second kappa shape index (κ2) is 7.68. The van der Waals surface area contributed by atoms with Gasteiger partial charge < -0.3 is 15.1 Å². The number of amides is 3. The minimum atomic E-state index is -0.251. The number of nitrogens with zero attached hydrogens (tertiary/aromatic N) is 2. The van der Waals surface area contributed by atoms with Crippen molar-refractivity contribution in [2.75, 3.05) is 31.5 Å². The minimum absolute atomic E-state index is 0.0104. The number of nitrogens with one attached hydrogen (secondary N) is 1. The van der Waals surface area contributed by atoms with E-state index in [4.69, 9.17) is 0 Å². The first kappa shape index (κ1) is 18.0. The predicted molar refractivity (Wildman–Crippen MR) is 104 cm³/mol. The van der Waals surface area contributed by atoms with Gasteiger partial charge in [0.2, 0.25) is 0 Å². The lowest BCUT2D eigenvalue weighted by molar-refractivity contribution is 0.0763. The average Bonchev–Trinajstić information content (AvgIpc) is 3.40. The lowest BCUT2D eigenvalue weighted by Gasteiger charge is -2.22. The largest absolute Gasteiger partial charge is 0.337 e. The highest BCUT2D eigenvalue weighted by molar-refractivity contribution is 7.08. The summed E-state index contributed by atoms with van der Waals surface area (Å²) in [6, 6.07) is 6.50. The van der Waals surface area contributed by atoms with Crippen LogP contribution in [0.15, 0.2) is 35.0 Å². The van der Waals surface area contributed by atoms with Crippen molar-refractivity contribution in [2.45, 2.75) is 25.2 Å². The van der Waals surface area contributed by atoms with E-state index in [1.807, 2.05) is 16.8 Å². The van der Waals surface area contributed by atoms with Gasteiger partial charge in [-0.25, -0.2) is 9.18 Å². The van der Waals surface area contributed by atoms with Crippen LogP contribution >= 0.6 is 11.3 Å². The van der Waals surface area contributed by atoms with Crippen molar-refractivity contribution in [2.24, 2.45) is 0 Å². The Kier molecular flexibility index (Phi) is 5.11. The summed E-state index contributed by atoms with van der Waals surface area (Å²) < 4.78 is 14.2. The number of thiophene rings is 1. The summed E-state index contributed by atoms with van der Waals surface area (Å²) in [7, 11) is 0. The van der Waals surface area contributed by atoms with Crippen molar-refractivity contribution >= 4 is 29.0 Å². The van der Waals surface area contributed by atoms with Gasteiger partial charge in [0, 0.05) is 37.2 Å². The molecule has 4 rings (SSSR count). The van der Waals surface area contributed by atoms with Crippen molar-refractivity contribution in [3.63, 3.8) is 0 Å². The second-order valence-corrected chi connectivity index (χ2v) is 7.87. The highest BCUT2D eigenvalue weighted by Crippen LogP contribution is 2.41. The first-order valence-corrected chi connectivity index (χ1v) is 10.2. The maximum atomic E-state index is 14.2. The van der Waals surface area contributed by atoms with E-state index in [1.165, 1.54) is 17.4 Å². The lowest BCUT2D eigenvalue weighted by Crippen LogP contribution is -2.39. The van der Waals surface area contributed by atoms with Gasteiger partial charge in [0.15, 0.2) is 0 Å². The van der Waals surface area contributed by atoms with Gasteiger partial charge in [-0.05, 0) is 54.3 Å². The molecule has 2 aliphatic rings. The highest BCUT2D eigenvalue weighted by Gasteiger charge is 2.27. The molecule has 1 aliphatic carbocycles. The third kappa shape index (κ3) is 4.13. The molecular formula is C20H22FN3O2S. The molecule has 3 amide bonds. The van der Waals surface area contributed by atoms with E-state index in [0.717, 1.165) is 24.8 Å². The molecule has 1 saturated carbocycles. The first-order chi connectivity index (χ1) is 13.1. The molecule has 0 bridgehead atoms. The van der Waals surface area contributed by atoms with Gasteiger partial charge in [-0.2, -0.15) is 11.3 Å². The van der Waals surface area contributed by atoms with Gasteiger partial charge in [0.1, 0.15) is 5.82 Å². The van der Waals surface area contributed by atoms with Crippen molar-refractivity contribution in [3.8, 4) is 0 Å². The van der Waals surface area contributed by atoms with Crippen LogP contribution in [-0.4, -0.2) is 47.9 Å². The van der Waals surface area contributed by atoms with E-state index in [-0.39, 0.29) is 17.8 Å². The van der Waals surface area contributed by atoms with E-state index in [0.29, 0.717) is 43.3 Å². The summed E-state index contributed by atoms with van der Waals surface area (Å²) in [5, 5.41) is 6.52. The molecule has 0 unspecified atom stereocenters. The molecule has 1 N–H and O–H groups in total. The van der Waals surface area contributed by atoms with E-state index in [2.05, 4.69) is 5.32 Å². The maximum Gasteiger partial charge on any atom is 0.321 e. The zero-order valence-corrected chi connectivity index (χ0v) is 15.8. The molecule has 0 spiro atoms. The van der Waals surface area contributed by atoms with Crippen molar-refractivity contribution in [1.29, 1.82) is 0 Å². The molecule has 27 heavy (non-hydrogen) atoms. The Balaban J connectivity index is 1.35. The number of hydrogen-bond acceptors (Lipinski definition) is 3. The fourth-order valence-electron chi connectivity index (χ4n) is 3.43. The molecule has 2 fully saturated rings. The Morgan fingerprint density at radius 3 is 2.56 bits per heavy atom. The predicted octanol–water partition coefficient (Wildman–Crippen LogP) is 4.14. The Bertz CT molecular complexity index is 836. The molecule has 2 aromatic rings. The van der Waals surface area contributed by atoms with E-state index >= 15 is 0 Å². The van der Waals surface area contributed by atoms with E-state index in [9.17, 15) is 14.0 Å². The Morgan fingerprint density at radius 1 is 1.07 bits per heavy atom. The van der Waals surface area contributed by atoms with Crippen LogP contribution < -0.4 is 5.32 Å². The van der Waals surface area contributed by atoms with Gasteiger partial charge >= 0.3 is 6.03 Å². The maximum absolute atomic E-state index is 14.2. The monoisotopic (exact) mass is 387 g/mol. The molecule has 1 aliphatic heterocycles. The summed E-state index contributed by atoms with van der Waals surface area (Å²) >= 11 is 1.50. The van der Waals surface area contributed by atoms with Crippen molar-refractivity contribution in [1.82, 2.24) is 9.80 Å². The minimum Gasteiger partial charge on any atom is -0.337 e. The third-order valence-corrected chi connectivity index (χ3v) is 5.79. The van der Waals surface area contributed by atoms with Crippen LogP contribution in [0.2, 0.25) is 0 Å². The highest BCUT2D eigenvalue weighted by atomic mass is 32.1. The molecule has 0 atom stereocenters.